The van der Waals surface area contributed by atoms with Crippen LogP contribution in [0.4, 0.5) is 0 Å². The van der Waals surface area contributed by atoms with Crippen LogP contribution in [0.15, 0.2) is 0 Å². The Hall–Kier alpha value is -0.0800. The Labute approximate surface area is 113 Å². The van der Waals surface area contributed by atoms with E-state index in [1.165, 1.54) is 51.4 Å². The molecule has 2 nitrogen and oxygen atoms in total. The molecule has 2 aliphatic heterocycles. The largest absolute Gasteiger partial charge is 0.390 e. The van der Waals surface area contributed by atoms with E-state index in [2.05, 4.69) is 18.9 Å². The van der Waals surface area contributed by atoms with Crippen molar-refractivity contribution in [3.8, 4) is 0 Å². The molecular formula is C16H31NO. The van der Waals surface area contributed by atoms with Crippen LogP contribution in [0.5, 0.6) is 0 Å². The summed E-state index contributed by atoms with van der Waals surface area (Å²) >= 11 is 0. The van der Waals surface area contributed by atoms with Crippen molar-refractivity contribution in [3.63, 3.8) is 0 Å². The minimum atomic E-state index is -0.339. The lowest BCUT2D eigenvalue weighted by atomic mass is 9.74. The van der Waals surface area contributed by atoms with E-state index >= 15 is 0 Å². The van der Waals surface area contributed by atoms with Crippen molar-refractivity contribution in [1.82, 2.24) is 4.90 Å². The highest BCUT2D eigenvalue weighted by atomic mass is 16.3. The lowest BCUT2D eigenvalue weighted by Crippen LogP contribution is -2.56. The van der Waals surface area contributed by atoms with Crippen LogP contribution >= 0.6 is 0 Å². The monoisotopic (exact) mass is 253 g/mol. The van der Waals surface area contributed by atoms with Gasteiger partial charge in [-0.2, -0.15) is 0 Å². The molecule has 0 aromatic heterocycles. The van der Waals surface area contributed by atoms with Crippen LogP contribution in [-0.4, -0.2) is 34.7 Å². The number of hydrogen-bond donors (Lipinski definition) is 1. The summed E-state index contributed by atoms with van der Waals surface area (Å²) in [5.41, 5.74) is -0.339. The number of unbranched alkanes of at least 4 members (excludes halogenated alkanes) is 4. The summed E-state index contributed by atoms with van der Waals surface area (Å²) in [6.45, 7) is 2.26. The van der Waals surface area contributed by atoms with E-state index in [9.17, 15) is 5.11 Å². The third kappa shape index (κ3) is 3.48. The third-order valence-electron chi connectivity index (χ3n) is 5.20. The van der Waals surface area contributed by atoms with Crippen LogP contribution in [0.2, 0.25) is 0 Å². The summed E-state index contributed by atoms with van der Waals surface area (Å²) in [6.07, 6.45) is 13.6. The molecule has 2 bridgehead atoms. The van der Waals surface area contributed by atoms with Crippen molar-refractivity contribution in [2.45, 2.75) is 95.2 Å². The van der Waals surface area contributed by atoms with Crippen molar-refractivity contribution in [3.05, 3.63) is 0 Å². The van der Waals surface area contributed by atoms with Crippen LogP contribution in [0, 0.1) is 0 Å². The number of piperidine rings is 2. The number of nitrogens with zero attached hydrogens (tertiary/aromatic N) is 1. The molecule has 2 fully saturated rings. The molecule has 106 valence electrons. The normalized spacial score (nSPS) is 36.8. The standard InChI is InChI=1S/C16H31NO/c1-3-4-5-6-7-11-16(18)12-14-9-8-10-15(13-16)17(14)2/h14-15,18H,3-13H2,1-2H3. The highest BCUT2D eigenvalue weighted by Gasteiger charge is 2.43. The van der Waals surface area contributed by atoms with Gasteiger partial charge >= 0.3 is 0 Å². The van der Waals surface area contributed by atoms with Gasteiger partial charge in [0, 0.05) is 12.1 Å². The summed E-state index contributed by atoms with van der Waals surface area (Å²) in [4.78, 5) is 2.54. The molecule has 2 heteroatoms. The van der Waals surface area contributed by atoms with Crippen molar-refractivity contribution in [2.75, 3.05) is 7.05 Å². The minimum absolute atomic E-state index is 0.339. The zero-order valence-electron chi connectivity index (χ0n) is 12.3. The fraction of sp³-hybridized carbons (Fsp3) is 1.00. The van der Waals surface area contributed by atoms with Gasteiger partial charge in [0.15, 0.2) is 0 Å². The number of aliphatic hydroxyl groups is 1. The number of rotatable bonds is 6. The van der Waals surface area contributed by atoms with E-state index in [1.807, 2.05) is 0 Å². The molecule has 2 atom stereocenters. The van der Waals surface area contributed by atoms with E-state index < -0.39 is 0 Å². The zero-order chi connectivity index (χ0) is 13.0. The Bertz CT molecular complexity index is 239. The first-order valence-corrected chi connectivity index (χ1v) is 8.09. The summed E-state index contributed by atoms with van der Waals surface area (Å²) in [5, 5.41) is 10.8. The summed E-state index contributed by atoms with van der Waals surface area (Å²) in [7, 11) is 2.26. The summed E-state index contributed by atoms with van der Waals surface area (Å²) in [5.74, 6) is 0. The SMILES string of the molecule is CCCCCCCC1(O)CC2CCCC(C1)N2C. The number of hydrogen-bond acceptors (Lipinski definition) is 2. The predicted molar refractivity (Wildman–Crippen MR) is 76.7 cm³/mol. The molecule has 2 heterocycles. The van der Waals surface area contributed by atoms with Crippen LogP contribution in [0.1, 0.15) is 77.6 Å². The topological polar surface area (TPSA) is 23.5 Å². The van der Waals surface area contributed by atoms with Gasteiger partial charge in [0.1, 0.15) is 0 Å². The van der Waals surface area contributed by atoms with Crippen molar-refractivity contribution < 1.29 is 5.11 Å². The van der Waals surface area contributed by atoms with Crippen LogP contribution in [0.25, 0.3) is 0 Å². The van der Waals surface area contributed by atoms with Gasteiger partial charge in [-0.15, -0.1) is 0 Å². The van der Waals surface area contributed by atoms with Gasteiger partial charge in [0.2, 0.25) is 0 Å². The smallest absolute Gasteiger partial charge is 0.0677 e. The third-order valence-corrected chi connectivity index (χ3v) is 5.20. The van der Waals surface area contributed by atoms with Crippen LogP contribution in [-0.2, 0) is 0 Å². The molecule has 2 aliphatic rings. The first-order chi connectivity index (χ1) is 8.64. The second-order valence-corrected chi connectivity index (χ2v) is 6.70. The first kappa shape index (κ1) is 14.3. The van der Waals surface area contributed by atoms with Gasteiger partial charge in [-0.3, -0.25) is 0 Å². The van der Waals surface area contributed by atoms with E-state index in [0.717, 1.165) is 19.3 Å². The molecule has 2 rings (SSSR count). The van der Waals surface area contributed by atoms with Gasteiger partial charge < -0.3 is 10.0 Å². The molecule has 0 radical (unpaired) electrons. The minimum Gasteiger partial charge on any atom is -0.390 e. The van der Waals surface area contributed by atoms with E-state index in [1.54, 1.807) is 0 Å². The molecule has 18 heavy (non-hydrogen) atoms. The highest BCUT2D eigenvalue weighted by molar-refractivity contribution is 4.98. The molecular weight excluding hydrogens is 222 g/mol. The van der Waals surface area contributed by atoms with Crippen molar-refractivity contribution >= 4 is 0 Å². The summed E-state index contributed by atoms with van der Waals surface area (Å²) < 4.78 is 0. The van der Waals surface area contributed by atoms with E-state index in [4.69, 9.17) is 0 Å². The molecule has 0 spiro atoms. The van der Waals surface area contributed by atoms with Gasteiger partial charge in [0.05, 0.1) is 5.60 Å². The number of fused-ring (bicyclic) bond motifs is 2. The molecule has 0 aromatic carbocycles. The fourth-order valence-electron chi connectivity index (χ4n) is 4.01. The maximum absolute atomic E-state index is 10.8. The molecule has 0 saturated carbocycles. The second-order valence-electron chi connectivity index (χ2n) is 6.70. The predicted octanol–water partition coefficient (Wildman–Crippen LogP) is 3.72. The molecule has 0 amide bonds. The van der Waals surface area contributed by atoms with Gasteiger partial charge in [-0.1, -0.05) is 45.4 Å². The molecule has 0 aliphatic carbocycles. The Kier molecular flexibility index (Phi) is 5.08. The molecule has 1 N–H and O–H groups in total. The van der Waals surface area contributed by atoms with Crippen LogP contribution in [0.3, 0.4) is 0 Å². The average Bonchev–Trinajstić information content (AvgIpc) is 2.31. The molecule has 2 saturated heterocycles. The maximum atomic E-state index is 10.8. The highest BCUT2D eigenvalue weighted by Crippen LogP contribution is 2.40. The van der Waals surface area contributed by atoms with Gasteiger partial charge in [-0.05, 0) is 39.2 Å². The first-order valence-electron chi connectivity index (χ1n) is 8.09. The van der Waals surface area contributed by atoms with E-state index in [-0.39, 0.29) is 5.60 Å². The molecule has 0 aromatic rings. The van der Waals surface area contributed by atoms with Gasteiger partial charge in [-0.25, -0.2) is 0 Å². The fourth-order valence-corrected chi connectivity index (χ4v) is 4.01. The van der Waals surface area contributed by atoms with E-state index in [0.29, 0.717) is 12.1 Å². The quantitative estimate of drug-likeness (QED) is 0.729. The Morgan fingerprint density at radius 1 is 1.06 bits per heavy atom. The molecule has 2 unspecified atom stereocenters. The Morgan fingerprint density at radius 2 is 1.67 bits per heavy atom. The second kappa shape index (κ2) is 6.38. The Balaban J connectivity index is 1.77. The van der Waals surface area contributed by atoms with Crippen molar-refractivity contribution in [1.29, 1.82) is 0 Å². The van der Waals surface area contributed by atoms with Crippen molar-refractivity contribution in [2.24, 2.45) is 0 Å². The van der Waals surface area contributed by atoms with Crippen LogP contribution < -0.4 is 0 Å². The summed E-state index contributed by atoms with van der Waals surface area (Å²) in [6, 6.07) is 1.30. The lowest BCUT2D eigenvalue weighted by molar-refractivity contribution is -0.0878. The van der Waals surface area contributed by atoms with Gasteiger partial charge in [0.25, 0.3) is 0 Å². The Morgan fingerprint density at radius 3 is 2.28 bits per heavy atom. The zero-order valence-corrected chi connectivity index (χ0v) is 12.3. The maximum Gasteiger partial charge on any atom is 0.0677 e. The average molecular weight is 253 g/mol. The lowest BCUT2D eigenvalue weighted by Gasteiger charge is -2.50.